The van der Waals surface area contributed by atoms with E-state index in [0.717, 1.165) is 21.6 Å². The third kappa shape index (κ3) is 2.21. The summed E-state index contributed by atoms with van der Waals surface area (Å²) in [6.45, 7) is 0. The summed E-state index contributed by atoms with van der Waals surface area (Å²) in [7, 11) is 0. The number of nitrogens with zero attached hydrogens (tertiary/aromatic N) is 1. The Labute approximate surface area is 120 Å². The van der Waals surface area contributed by atoms with Crippen LogP contribution < -0.4 is 0 Å². The van der Waals surface area contributed by atoms with Crippen LogP contribution in [0.4, 0.5) is 0 Å². The van der Waals surface area contributed by atoms with Gasteiger partial charge in [-0.3, -0.25) is 4.98 Å². The summed E-state index contributed by atoms with van der Waals surface area (Å²) in [6, 6.07) is 15.1. The Hall–Kier alpha value is -2.46. The van der Waals surface area contributed by atoms with Gasteiger partial charge in [-0.1, -0.05) is 42.5 Å². The average Bonchev–Trinajstić information content (AvgIpc) is 3.01. The van der Waals surface area contributed by atoms with E-state index in [9.17, 15) is 9.90 Å². The SMILES string of the molecule is O=C(O)c1cccc(-c2ccccc2)c1-c1cncs1. The zero-order valence-electron chi connectivity index (χ0n) is 10.5. The van der Waals surface area contributed by atoms with Crippen molar-refractivity contribution in [3.63, 3.8) is 0 Å². The Kier molecular flexibility index (Phi) is 3.31. The summed E-state index contributed by atoms with van der Waals surface area (Å²) >= 11 is 1.44. The summed E-state index contributed by atoms with van der Waals surface area (Å²) in [6.07, 6.45) is 1.71. The molecule has 0 aliphatic heterocycles. The first kappa shape index (κ1) is 12.6. The van der Waals surface area contributed by atoms with E-state index in [1.165, 1.54) is 11.3 Å². The monoisotopic (exact) mass is 281 g/mol. The predicted molar refractivity (Wildman–Crippen MR) is 79.9 cm³/mol. The maximum Gasteiger partial charge on any atom is 0.336 e. The number of aromatic carboxylic acids is 1. The van der Waals surface area contributed by atoms with E-state index in [4.69, 9.17) is 0 Å². The number of carboxylic acids is 1. The molecule has 98 valence electrons. The van der Waals surface area contributed by atoms with Gasteiger partial charge in [-0.2, -0.15) is 0 Å². The Morgan fingerprint density at radius 1 is 1.05 bits per heavy atom. The van der Waals surface area contributed by atoms with Crippen molar-refractivity contribution >= 4 is 17.3 Å². The van der Waals surface area contributed by atoms with E-state index in [0.29, 0.717) is 5.56 Å². The summed E-state index contributed by atoms with van der Waals surface area (Å²) in [5.41, 5.74) is 4.65. The van der Waals surface area contributed by atoms with Crippen LogP contribution in [0.25, 0.3) is 21.6 Å². The molecule has 0 spiro atoms. The highest BCUT2D eigenvalue weighted by atomic mass is 32.1. The Morgan fingerprint density at radius 2 is 1.85 bits per heavy atom. The van der Waals surface area contributed by atoms with Crippen LogP contribution in [-0.2, 0) is 0 Å². The first-order valence-electron chi connectivity index (χ1n) is 6.08. The van der Waals surface area contributed by atoms with Gasteiger partial charge in [0, 0.05) is 11.8 Å². The molecule has 1 heterocycles. The predicted octanol–water partition coefficient (Wildman–Crippen LogP) is 4.18. The van der Waals surface area contributed by atoms with Gasteiger partial charge in [0.2, 0.25) is 0 Å². The van der Waals surface area contributed by atoms with Gasteiger partial charge in [0.05, 0.1) is 16.0 Å². The van der Waals surface area contributed by atoms with Gasteiger partial charge in [-0.05, 0) is 17.2 Å². The van der Waals surface area contributed by atoms with Crippen molar-refractivity contribution in [2.75, 3.05) is 0 Å². The van der Waals surface area contributed by atoms with Crippen molar-refractivity contribution < 1.29 is 9.90 Å². The molecule has 0 aliphatic carbocycles. The van der Waals surface area contributed by atoms with Crippen LogP contribution in [0.15, 0.2) is 60.2 Å². The van der Waals surface area contributed by atoms with Crippen molar-refractivity contribution in [2.24, 2.45) is 0 Å². The fourth-order valence-corrected chi connectivity index (χ4v) is 2.89. The number of carbonyl (C=O) groups is 1. The van der Waals surface area contributed by atoms with Gasteiger partial charge < -0.3 is 5.11 Å². The zero-order valence-corrected chi connectivity index (χ0v) is 11.3. The van der Waals surface area contributed by atoms with E-state index in [-0.39, 0.29) is 0 Å². The van der Waals surface area contributed by atoms with Crippen LogP contribution >= 0.6 is 11.3 Å². The number of rotatable bonds is 3. The second-order valence-electron chi connectivity index (χ2n) is 4.26. The minimum Gasteiger partial charge on any atom is -0.478 e. The first-order valence-corrected chi connectivity index (χ1v) is 6.96. The van der Waals surface area contributed by atoms with Crippen molar-refractivity contribution in [1.29, 1.82) is 0 Å². The molecule has 1 aromatic heterocycles. The second kappa shape index (κ2) is 5.27. The van der Waals surface area contributed by atoms with Gasteiger partial charge in [0.1, 0.15) is 0 Å². The number of hydrogen-bond acceptors (Lipinski definition) is 3. The van der Waals surface area contributed by atoms with Crippen LogP contribution in [-0.4, -0.2) is 16.1 Å². The van der Waals surface area contributed by atoms with Crippen molar-refractivity contribution in [2.45, 2.75) is 0 Å². The van der Waals surface area contributed by atoms with Gasteiger partial charge in [-0.25, -0.2) is 4.79 Å². The smallest absolute Gasteiger partial charge is 0.336 e. The van der Waals surface area contributed by atoms with E-state index in [1.807, 2.05) is 36.4 Å². The lowest BCUT2D eigenvalue weighted by molar-refractivity contribution is 0.0698. The van der Waals surface area contributed by atoms with Crippen LogP contribution in [0.5, 0.6) is 0 Å². The Morgan fingerprint density at radius 3 is 2.50 bits per heavy atom. The molecule has 0 unspecified atom stereocenters. The molecule has 3 nitrogen and oxygen atoms in total. The van der Waals surface area contributed by atoms with E-state index in [2.05, 4.69) is 4.98 Å². The number of benzene rings is 2. The molecule has 3 aromatic rings. The van der Waals surface area contributed by atoms with Crippen LogP contribution in [0, 0.1) is 0 Å². The largest absolute Gasteiger partial charge is 0.478 e. The lowest BCUT2D eigenvalue weighted by Gasteiger charge is -2.11. The number of thiazole rings is 1. The normalized spacial score (nSPS) is 10.4. The molecule has 3 rings (SSSR count). The third-order valence-electron chi connectivity index (χ3n) is 3.06. The number of carboxylic acid groups (broad SMARTS) is 1. The highest BCUT2D eigenvalue weighted by molar-refractivity contribution is 7.13. The summed E-state index contributed by atoms with van der Waals surface area (Å²) in [5, 5.41) is 9.42. The molecule has 2 aromatic carbocycles. The summed E-state index contributed by atoms with van der Waals surface area (Å²) in [4.78, 5) is 16.4. The summed E-state index contributed by atoms with van der Waals surface area (Å²) in [5.74, 6) is -0.925. The average molecular weight is 281 g/mol. The van der Waals surface area contributed by atoms with Crippen molar-refractivity contribution in [3.05, 3.63) is 65.8 Å². The fraction of sp³-hybridized carbons (Fsp3) is 0. The molecule has 20 heavy (non-hydrogen) atoms. The van der Waals surface area contributed by atoms with Crippen LogP contribution in [0.1, 0.15) is 10.4 Å². The highest BCUT2D eigenvalue weighted by Crippen LogP contribution is 2.36. The van der Waals surface area contributed by atoms with Gasteiger partial charge >= 0.3 is 5.97 Å². The topological polar surface area (TPSA) is 50.2 Å². The maximum absolute atomic E-state index is 11.5. The molecular weight excluding hydrogens is 270 g/mol. The first-order chi connectivity index (χ1) is 9.77. The molecule has 1 N–H and O–H groups in total. The van der Waals surface area contributed by atoms with E-state index in [1.54, 1.807) is 23.8 Å². The minimum atomic E-state index is -0.925. The minimum absolute atomic E-state index is 0.301. The quantitative estimate of drug-likeness (QED) is 0.783. The molecule has 0 fully saturated rings. The maximum atomic E-state index is 11.5. The molecule has 0 aliphatic rings. The molecule has 4 heteroatoms. The molecule has 0 bridgehead atoms. The lowest BCUT2D eigenvalue weighted by Crippen LogP contribution is -2.00. The second-order valence-corrected chi connectivity index (χ2v) is 5.15. The zero-order chi connectivity index (χ0) is 13.9. The summed E-state index contributed by atoms with van der Waals surface area (Å²) < 4.78 is 0. The van der Waals surface area contributed by atoms with Gasteiger partial charge in [-0.15, -0.1) is 11.3 Å². The Balaban J connectivity index is 2.30. The van der Waals surface area contributed by atoms with Gasteiger partial charge in [0.15, 0.2) is 0 Å². The molecule has 0 saturated carbocycles. The number of hydrogen-bond donors (Lipinski definition) is 1. The molecule has 0 atom stereocenters. The van der Waals surface area contributed by atoms with Crippen LogP contribution in [0.2, 0.25) is 0 Å². The standard InChI is InChI=1S/C16H11NO2S/c18-16(19)13-8-4-7-12(11-5-2-1-3-6-11)15(13)14-9-17-10-20-14/h1-10H,(H,18,19). The van der Waals surface area contributed by atoms with Gasteiger partial charge in [0.25, 0.3) is 0 Å². The van der Waals surface area contributed by atoms with E-state index < -0.39 is 5.97 Å². The molecule has 0 radical (unpaired) electrons. The molecule has 0 saturated heterocycles. The number of aromatic nitrogens is 1. The van der Waals surface area contributed by atoms with Crippen molar-refractivity contribution in [3.8, 4) is 21.6 Å². The highest BCUT2D eigenvalue weighted by Gasteiger charge is 2.17. The molecule has 0 amide bonds. The van der Waals surface area contributed by atoms with Crippen molar-refractivity contribution in [1.82, 2.24) is 4.98 Å². The van der Waals surface area contributed by atoms with Crippen LogP contribution in [0.3, 0.4) is 0 Å². The Bertz CT molecular complexity index is 736. The fourth-order valence-electron chi connectivity index (χ4n) is 2.19. The third-order valence-corrected chi connectivity index (χ3v) is 3.85. The van der Waals surface area contributed by atoms with E-state index >= 15 is 0 Å². The lowest BCUT2D eigenvalue weighted by atomic mass is 9.94. The molecular formula is C16H11NO2S.